The third-order valence-electron chi connectivity index (χ3n) is 4.05. The van der Waals surface area contributed by atoms with Gasteiger partial charge < -0.3 is 19.2 Å². The first-order valence-electron chi connectivity index (χ1n) is 7.71. The molecule has 0 saturated carbocycles. The predicted molar refractivity (Wildman–Crippen MR) is 85.7 cm³/mol. The molecule has 23 heavy (non-hydrogen) atoms. The number of nitrogens with zero attached hydrogens (tertiary/aromatic N) is 2. The lowest BCUT2D eigenvalue weighted by molar-refractivity contribution is -0.136. The van der Waals surface area contributed by atoms with E-state index in [1.807, 2.05) is 12.3 Å². The Bertz CT molecular complexity index is 661. The van der Waals surface area contributed by atoms with Crippen LogP contribution in [0.25, 0.3) is 0 Å². The van der Waals surface area contributed by atoms with Crippen molar-refractivity contribution in [3.05, 3.63) is 35.5 Å². The highest BCUT2D eigenvalue weighted by atomic mass is 16.7. The number of likely N-dealkylation sites (tertiary alicyclic amines) is 1. The van der Waals surface area contributed by atoms with Crippen molar-refractivity contribution in [1.29, 1.82) is 0 Å². The Kier molecular flexibility index (Phi) is 4.50. The monoisotopic (exact) mass is 316 g/mol. The molecule has 0 unspecified atom stereocenters. The molecule has 2 heterocycles. The second kappa shape index (κ2) is 6.73. The van der Waals surface area contributed by atoms with E-state index in [0.717, 1.165) is 31.5 Å². The Morgan fingerprint density at radius 2 is 1.87 bits per heavy atom. The molecule has 0 aliphatic carbocycles. The molecule has 0 atom stereocenters. The van der Waals surface area contributed by atoms with Crippen LogP contribution in [0, 0.1) is 0 Å². The third kappa shape index (κ3) is 3.16. The molecule has 0 aromatic heterocycles. The summed E-state index contributed by atoms with van der Waals surface area (Å²) in [6.45, 7) is 1.91. The van der Waals surface area contributed by atoms with Crippen LogP contribution in [0.4, 0.5) is 0 Å². The van der Waals surface area contributed by atoms with Gasteiger partial charge in [-0.15, -0.1) is 0 Å². The summed E-state index contributed by atoms with van der Waals surface area (Å²) in [5.41, 5.74) is 1.78. The molecule has 1 fully saturated rings. The number of ether oxygens (including phenoxy) is 2. The van der Waals surface area contributed by atoms with Gasteiger partial charge in [0.05, 0.1) is 14.2 Å². The molecule has 2 aliphatic rings. The van der Waals surface area contributed by atoms with E-state index in [4.69, 9.17) is 14.3 Å². The van der Waals surface area contributed by atoms with E-state index in [-0.39, 0.29) is 0 Å². The van der Waals surface area contributed by atoms with Gasteiger partial charge in [-0.25, -0.2) is 4.79 Å². The summed E-state index contributed by atoms with van der Waals surface area (Å²) in [4.78, 5) is 19.1. The minimum Gasteiger partial charge on any atom is -0.493 e. The van der Waals surface area contributed by atoms with Gasteiger partial charge in [-0.05, 0) is 37.5 Å². The molecule has 0 spiro atoms. The van der Waals surface area contributed by atoms with E-state index >= 15 is 0 Å². The Labute approximate surface area is 135 Å². The van der Waals surface area contributed by atoms with Crippen molar-refractivity contribution in [3.63, 3.8) is 0 Å². The van der Waals surface area contributed by atoms with Crippen LogP contribution < -0.4 is 9.47 Å². The molecule has 122 valence electrons. The predicted octanol–water partition coefficient (Wildman–Crippen LogP) is 2.33. The summed E-state index contributed by atoms with van der Waals surface area (Å²) in [5, 5.41) is 3.94. The summed E-state index contributed by atoms with van der Waals surface area (Å²) in [6.07, 6.45) is 5.38. The smallest absolute Gasteiger partial charge is 0.369 e. The maximum absolute atomic E-state index is 12.0. The number of hydrogen-bond acceptors (Lipinski definition) is 6. The van der Waals surface area contributed by atoms with Crippen LogP contribution in [0.1, 0.15) is 24.8 Å². The van der Waals surface area contributed by atoms with Crippen LogP contribution in [0.2, 0.25) is 0 Å². The molecule has 0 amide bonds. The van der Waals surface area contributed by atoms with Crippen LogP contribution in [-0.4, -0.2) is 43.9 Å². The number of piperidine rings is 1. The molecule has 6 heteroatoms. The molecule has 1 aromatic rings. The number of hydrogen-bond donors (Lipinski definition) is 0. The van der Waals surface area contributed by atoms with E-state index in [0.29, 0.717) is 22.8 Å². The average Bonchev–Trinajstić information content (AvgIpc) is 2.96. The molecular formula is C17H20N2O4. The van der Waals surface area contributed by atoms with Gasteiger partial charge in [0.2, 0.25) is 0 Å². The standard InChI is InChI=1S/C17H20N2O4/c1-21-14-7-6-12(10-15(14)22-2)16-13(17(20)23-18-16)11-19-8-4-3-5-9-19/h6-7,10-11H,3-5,8-9H2,1-2H3/b13-11-. The average molecular weight is 316 g/mol. The Morgan fingerprint density at radius 3 is 2.57 bits per heavy atom. The molecule has 1 saturated heterocycles. The molecular weight excluding hydrogens is 296 g/mol. The summed E-state index contributed by atoms with van der Waals surface area (Å²) in [6, 6.07) is 5.42. The maximum atomic E-state index is 12.0. The van der Waals surface area contributed by atoms with E-state index < -0.39 is 5.97 Å². The zero-order chi connectivity index (χ0) is 16.2. The molecule has 0 bridgehead atoms. The van der Waals surface area contributed by atoms with Crippen molar-refractivity contribution in [1.82, 2.24) is 4.90 Å². The summed E-state index contributed by atoms with van der Waals surface area (Å²) in [5.74, 6) is 0.799. The Morgan fingerprint density at radius 1 is 1.13 bits per heavy atom. The summed E-state index contributed by atoms with van der Waals surface area (Å²) >= 11 is 0. The highest BCUT2D eigenvalue weighted by molar-refractivity contribution is 6.28. The highest BCUT2D eigenvalue weighted by Gasteiger charge is 2.28. The number of benzene rings is 1. The minimum atomic E-state index is -0.416. The molecule has 2 aliphatic heterocycles. The van der Waals surface area contributed by atoms with Crippen LogP contribution >= 0.6 is 0 Å². The molecule has 0 radical (unpaired) electrons. The fraction of sp³-hybridized carbons (Fsp3) is 0.412. The highest BCUT2D eigenvalue weighted by Crippen LogP contribution is 2.30. The normalized spacial score (nSPS) is 19.6. The van der Waals surface area contributed by atoms with Gasteiger partial charge in [0.1, 0.15) is 11.3 Å². The number of oxime groups is 1. The van der Waals surface area contributed by atoms with E-state index in [1.54, 1.807) is 26.4 Å². The quantitative estimate of drug-likeness (QED) is 0.630. The fourth-order valence-electron chi connectivity index (χ4n) is 2.82. The van der Waals surface area contributed by atoms with Gasteiger partial charge in [-0.3, -0.25) is 0 Å². The molecule has 6 nitrogen and oxygen atoms in total. The largest absolute Gasteiger partial charge is 0.493 e. The number of methoxy groups -OCH3 is 2. The number of rotatable bonds is 4. The van der Waals surface area contributed by atoms with Gasteiger partial charge in [-0.2, -0.15) is 0 Å². The van der Waals surface area contributed by atoms with Crippen molar-refractivity contribution in [3.8, 4) is 11.5 Å². The van der Waals surface area contributed by atoms with Crippen LogP contribution in [0.3, 0.4) is 0 Å². The Balaban J connectivity index is 1.91. The SMILES string of the molecule is COc1ccc(C2=NOC(=O)/C2=C\N2CCCCC2)cc1OC. The van der Waals surface area contributed by atoms with Crippen LogP contribution in [0.15, 0.2) is 35.1 Å². The van der Waals surface area contributed by atoms with E-state index in [1.165, 1.54) is 6.42 Å². The van der Waals surface area contributed by atoms with Crippen molar-refractivity contribution >= 4 is 11.7 Å². The van der Waals surface area contributed by atoms with Gasteiger partial charge in [0.15, 0.2) is 11.5 Å². The van der Waals surface area contributed by atoms with Crippen molar-refractivity contribution in [2.75, 3.05) is 27.3 Å². The van der Waals surface area contributed by atoms with Gasteiger partial charge in [0, 0.05) is 24.9 Å². The van der Waals surface area contributed by atoms with Gasteiger partial charge in [-0.1, -0.05) is 5.16 Å². The van der Waals surface area contributed by atoms with Crippen molar-refractivity contribution < 1.29 is 19.1 Å². The second-order valence-corrected chi connectivity index (χ2v) is 5.53. The molecule has 3 rings (SSSR count). The first-order chi connectivity index (χ1) is 11.2. The first-order valence-corrected chi connectivity index (χ1v) is 7.71. The summed E-state index contributed by atoms with van der Waals surface area (Å²) < 4.78 is 10.6. The lowest BCUT2D eigenvalue weighted by Gasteiger charge is -2.25. The number of carbonyl (C=O) groups is 1. The molecule has 1 aromatic carbocycles. The zero-order valence-electron chi connectivity index (χ0n) is 13.4. The van der Waals surface area contributed by atoms with Gasteiger partial charge in [0.25, 0.3) is 0 Å². The van der Waals surface area contributed by atoms with Crippen LogP contribution in [0.5, 0.6) is 11.5 Å². The van der Waals surface area contributed by atoms with E-state index in [9.17, 15) is 4.79 Å². The van der Waals surface area contributed by atoms with E-state index in [2.05, 4.69) is 10.1 Å². The molecule has 0 N–H and O–H groups in total. The first kappa shape index (κ1) is 15.4. The zero-order valence-corrected chi connectivity index (χ0v) is 13.4. The van der Waals surface area contributed by atoms with Crippen molar-refractivity contribution in [2.45, 2.75) is 19.3 Å². The van der Waals surface area contributed by atoms with Crippen LogP contribution in [-0.2, 0) is 9.63 Å². The lowest BCUT2D eigenvalue weighted by Crippen LogP contribution is -2.26. The van der Waals surface area contributed by atoms with Gasteiger partial charge >= 0.3 is 5.97 Å². The Hall–Kier alpha value is -2.50. The second-order valence-electron chi connectivity index (χ2n) is 5.53. The fourth-order valence-corrected chi connectivity index (χ4v) is 2.82. The minimum absolute atomic E-state index is 0.416. The summed E-state index contributed by atoms with van der Waals surface area (Å²) in [7, 11) is 3.16. The van der Waals surface area contributed by atoms with Crippen molar-refractivity contribution in [2.24, 2.45) is 5.16 Å². The lowest BCUT2D eigenvalue weighted by atomic mass is 10.0. The number of carbonyl (C=O) groups excluding carboxylic acids is 1. The maximum Gasteiger partial charge on any atom is 0.369 e. The topological polar surface area (TPSA) is 60.4 Å². The third-order valence-corrected chi connectivity index (χ3v) is 4.05.